The van der Waals surface area contributed by atoms with Crippen LogP contribution in [-0.2, 0) is 0 Å². The van der Waals surface area contributed by atoms with E-state index in [9.17, 15) is 9.90 Å². The second-order valence-electron chi connectivity index (χ2n) is 6.74. The lowest BCUT2D eigenvalue weighted by atomic mass is 10.1. The number of anilines is 1. The standard InChI is InChI=1S/C23H22N2O2/c26-22-12-8-20(9-13-22)23(27)25-16-14-24(15-17-25)21-10-6-19(7-11-21)18-4-2-1-3-5-18/h1-13,26H,14-17H2. The molecule has 1 N–H and O–H groups in total. The minimum Gasteiger partial charge on any atom is -0.508 e. The van der Waals surface area contributed by atoms with E-state index in [1.54, 1.807) is 24.3 Å². The van der Waals surface area contributed by atoms with Gasteiger partial charge < -0.3 is 14.9 Å². The number of phenols is 1. The first-order chi connectivity index (χ1) is 13.2. The Morgan fingerprint density at radius 3 is 1.93 bits per heavy atom. The summed E-state index contributed by atoms with van der Waals surface area (Å²) in [6, 6.07) is 25.4. The molecular formula is C23H22N2O2. The molecule has 1 fully saturated rings. The van der Waals surface area contributed by atoms with Gasteiger partial charge in [0, 0.05) is 37.4 Å². The van der Waals surface area contributed by atoms with Gasteiger partial charge in [-0.3, -0.25) is 4.79 Å². The topological polar surface area (TPSA) is 43.8 Å². The van der Waals surface area contributed by atoms with Gasteiger partial charge in [0.25, 0.3) is 5.91 Å². The Morgan fingerprint density at radius 1 is 0.704 bits per heavy atom. The van der Waals surface area contributed by atoms with Gasteiger partial charge in [0.2, 0.25) is 0 Å². The van der Waals surface area contributed by atoms with E-state index in [2.05, 4.69) is 41.3 Å². The SMILES string of the molecule is O=C(c1ccc(O)cc1)N1CCN(c2ccc(-c3ccccc3)cc2)CC1. The van der Waals surface area contributed by atoms with E-state index >= 15 is 0 Å². The molecule has 27 heavy (non-hydrogen) atoms. The number of benzene rings is 3. The molecule has 0 aliphatic carbocycles. The van der Waals surface area contributed by atoms with Crippen molar-refractivity contribution >= 4 is 11.6 Å². The number of rotatable bonds is 3. The average Bonchev–Trinajstić information content (AvgIpc) is 2.75. The zero-order valence-electron chi connectivity index (χ0n) is 15.1. The van der Waals surface area contributed by atoms with E-state index < -0.39 is 0 Å². The number of carbonyl (C=O) groups excluding carboxylic acids is 1. The van der Waals surface area contributed by atoms with Crippen molar-refractivity contribution in [2.24, 2.45) is 0 Å². The highest BCUT2D eigenvalue weighted by atomic mass is 16.3. The summed E-state index contributed by atoms with van der Waals surface area (Å²) < 4.78 is 0. The summed E-state index contributed by atoms with van der Waals surface area (Å²) in [6.07, 6.45) is 0. The Balaban J connectivity index is 1.39. The van der Waals surface area contributed by atoms with E-state index in [0.29, 0.717) is 18.7 Å². The van der Waals surface area contributed by atoms with Gasteiger partial charge >= 0.3 is 0 Å². The molecular weight excluding hydrogens is 336 g/mol. The van der Waals surface area contributed by atoms with Crippen LogP contribution in [0.5, 0.6) is 5.75 Å². The quantitative estimate of drug-likeness (QED) is 0.769. The van der Waals surface area contributed by atoms with Crippen molar-refractivity contribution in [2.75, 3.05) is 31.1 Å². The lowest BCUT2D eigenvalue weighted by Crippen LogP contribution is -2.48. The summed E-state index contributed by atoms with van der Waals surface area (Å²) in [7, 11) is 0. The molecule has 1 amide bonds. The number of hydrogen-bond donors (Lipinski definition) is 1. The largest absolute Gasteiger partial charge is 0.508 e. The molecule has 4 nitrogen and oxygen atoms in total. The molecule has 1 aliphatic rings. The average molecular weight is 358 g/mol. The minimum atomic E-state index is 0.0223. The van der Waals surface area contributed by atoms with E-state index in [1.807, 2.05) is 23.1 Å². The van der Waals surface area contributed by atoms with E-state index in [4.69, 9.17) is 0 Å². The number of piperazine rings is 1. The van der Waals surface area contributed by atoms with Crippen molar-refractivity contribution in [1.82, 2.24) is 4.90 Å². The monoisotopic (exact) mass is 358 g/mol. The van der Waals surface area contributed by atoms with Gasteiger partial charge in [-0.15, -0.1) is 0 Å². The molecule has 0 saturated carbocycles. The highest BCUT2D eigenvalue weighted by Gasteiger charge is 2.22. The van der Waals surface area contributed by atoms with Crippen molar-refractivity contribution in [1.29, 1.82) is 0 Å². The van der Waals surface area contributed by atoms with Crippen LogP contribution < -0.4 is 4.90 Å². The predicted molar refractivity (Wildman–Crippen MR) is 108 cm³/mol. The molecule has 3 aromatic carbocycles. The lowest BCUT2D eigenvalue weighted by Gasteiger charge is -2.36. The molecule has 0 atom stereocenters. The molecule has 0 aromatic heterocycles. The predicted octanol–water partition coefficient (Wildman–Crippen LogP) is 4.02. The van der Waals surface area contributed by atoms with Crippen LogP contribution in [0.25, 0.3) is 11.1 Å². The number of phenolic OH excluding ortho intramolecular Hbond substituents is 1. The minimum absolute atomic E-state index is 0.0223. The maximum atomic E-state index is 12.6. The maximum absolute atomic E-state index is 12.6. The molecule has 0 unspecified atom stereocenters. The lowest BCUT2D eigenvalue weighted by molar-refractivity contribution is 0.0747. The Bertz CT molecular complexity index is 897. The molecule has 4 rings (SSSR count). The van der Waals surface area contributed by atoms with Crippen LogP contribution in [0.4, 0.5) is 5.69 Å². The van der Waals surface area contributed by atoms with Crippen LogP contribution in [0.2, 0.25) is 0 Å². The van der Waals surface area contributed by atoms with Crippen molar-refractivity contribution in [2.45, 2.75) is 0 Å². The van der Waals surface area contributed by atoms with E-state index in [0.717, 1.165) is 13.1 Å². The van der Waals surface area contributed by atoms with Crippen LogP contribution in [0, 0.1) is 0 Å². The zero-order valence-corrected chi connectivity index (χ0v) is 15.1. The molecule has 0 bridgehead atoms. The molecule has 1 heterocycles. The second kappa shape index (κ2) is 7.54. The van der Waals surface area contributed by atoms with Crippen LogP contribution in [0.3, 0.4) is 0 Å². The normalized spacial score (nSPS) is 14.2. The summed E-state index contributed by atoms with van der Waals surface area (Å²) in [5, 5.41) is 9.37. The van der Waals surface area contributed by atoms with Crippen molar-refractivity contribution in [3.05, 3.63) is 84.4 Å². The maximum Gasteiger partial charge on any atom is 0.253 e. The van der Waals surface area contributed by atoms with Crippen molar-refractivity contribution < 1.29 is 9.90 Å². The second-order valence-corrected chi connectivity index (χ2v) is 6.74. The van der Waals surface area contributed by atoms with Crippen molar-refractivity contribution in [3.63, 3.8) is 0 Å². The third-order valence-electron chi connectivity index (χ3n) is 5.02. The molecule has 1 aliphatic heterocycles. The summed E-state index contributed by atoms with van der Waals surface area (Å²) >= 11 is 0. The van der Waals surface area contributed by atoms with Gasteiger partial charge in [-0.05, 0) is 47.5 Å². The van der Waals surface area contributed by atoms with E-state index in [-0.39, 0.29) is 11.7 Å². The van der Waals surface area contributed by atoms with Gasteiger partial charge in [0.15, 0.2) is 0 Å². The van der Waals surface area contributed by atoms with Crippen molar-refractivity contribution in [3.8, 4) is 16.9 Å². The molecule has 136 valence electrons. The Hall–Kier alpha value is -3.27. The summed E-state index contributed by atoms with van der Waals surface area (Å²) in [6.45, 7) is 3.02. The first kappa shape index (κ1) is 17.2. The van der Waals surface area contributed by atoms with Crippen LogP contribution >= 0.6 is 0 Å². The van der Waals surface area contributed by atoms with Crippen LogP contribution in [0.15, 0.2) is 78.9 Å². The first-order valence-electron chi connectivity index (χ1n) is 9.19. The van der Waals surface area contributed by atoms with Crippen LogP contribution in [-0.4, -0.2) is 42.1 Å². The van der Waals surface area contributed by atoms with Gasteiger partial charge in [-0.2, -0.15) is 0 Å². The number of carbonyl (C=O) groups is 1. The molecule has 4 heteroatoms. The fourth-order valence-electron chi connectivity index (χ4n) is 3.45. The third-order valence-corrected chi connectivity index (χ3v) is 5.02. The molecule has 0 spiro atoms. The number of aromatic hydroxyl groups is 1. The third kappa shape index (κ3) is 3.80. The Labute approximate surface area is 159 Å². The molecule has 1 saturated heterocycles. The number of nitrogens with zero attached hydrogens (tertiary/aromatic N) is 2. The molecule has 3 aromatic rings. The van der Waals surface area contributed by atoms with Gasteiger partial charge in [-0.25, -0.2) is 0 Å². The Morgan fingerprint density at radius 2 is 1.30 bits per heavy atom. The van der Waals surface area contributed by atoms with Crippen LogP contribution in [0.1, 0.15) is 10.4 Å². The van der Waals surface area contributed by atoms with E-state index in [1.165, 1.54) is 16.8 Å². The smallest absolute Gasteiger partial charge is 0.253 e. The fourth-order valence-corrected chi connectivity index (χ4v) is 3.45. The summed E-state index contributed by atoms with van der Waals surface area (Å²) in [5.41, 5.74) is 4.23. The highest BCUT2D eigenvalue weighted by molar-refractivity contribution is 5.94. The highest BCUT2D eigenvalue weighted by Crippen LogP contribution is 2.24. The van der Waals surface area contributed by atoms with Gasteiger partial charge in [-0.1, -0.05) is 42.5 Å². The number of amides is 1. The molecule has 0 radical (unpaired) electrons. The Kier molecular flexibility index (Phi) is 4.79. The zero-order chi connectivity index (χ0) is 18.6. The summed E-state index contributed by atoms with van der Waals surface area (Å²) in [5.74, 6) is 0.199. The fraction of sp³-hybridized carbons (Fsp3) is 0.174. The van der Waals surface area contributed by atoms with Gasteiger partial charge in [0.05, 0.1) is 0 Å². The summed E-state index contributed by atoms with van der Waals surface area (Å²) in [4.78, 5) is 16.8. The number of hydrogen-bond acceptors (Lipinski definition) is 3. The van der Waals surface area contributed by atoms with Gasteiger partial charge in [0.1, 0.15) is 5.75 Å². The first-order valence-corrected chi connectivity index (χ1v) is 9.19.